The summed E-state index contributed by atoms with van der Waals surface area (Å²) in [5.41, 5.74) is 1.01. The first kappa shape index (κ1) is 9.77. The number of rotatable bonds is 3. The van der Waals surface area contributed by atoms with Gasteiger partial charge in [-0.15, -0.1) is 0 Å². The summed E-state index contributed by atoms with van der Waals surface area (Å²) >= 11 is 0. The lowest BCUT2D eigenvalue weighted by atomic mass is 10.4. The second-order valence-corrected chi connectivity index (χ2v) is 3.04. The van der Waals surface area contributed by atoms with Crippen molar-refractivity contribution in [1.82, 2.24) is 14.7 Å². The van der Waals surface area contributed by atoms with Crippen LogP contribution in [0.5, 0.6) is 0 Å². The number of carbonyl (C=O) groups excluding carboxylic acids is 1. The molecular weight excluding hydrogens is 166 g/mol. The van der Waals surface area contributed by atoms with Crippen LogP contribution in [0, 0.1) is 6.92 Å². The van der Waals surface area contributed by atoms with E-state index in [1.54, 1.807) is 22.8 Å². The van der Waals surface area contributed by atoms with E-state index >= 15 is 0 Å². The number of hydrogen-bond donors (Lipinski definition) is 0. The van der Waals surface area contributed by atoms with Gasteiger partial charge in [-0.1, -0.05) is 0 Å². The second-order valence-electron chi connectivity index (χ2n) is 3.04. The molecule has 0 spiro atoms. The Balaban J connectivity index is 2.60. The second kappa shape index (κ2) is 4.07. The van der Waals surface area contributed by atoms with E-state index in [0.717, 1.165) is 12.2 Å². The number of aryl methyl sites for hydroxylation is 1. The monoisotopic (exact) mass is 181 g/mol. The standard InChI is InChI=1S/C9H15N3O/c1-4-11(3)9(13)7-12-8(2)5-6-10-12/h5-6H,4,7H2,1-3H3. The van der Waals surface area contributed by atoms with E-state index in [1.807, 2.05) is 19.9 Å². The molecule has 0 aliphatic heterocycles. The van der Waals surface area contributed by atoms with Gasteiger partial charge in [-0.05, 0) is 19.9 Å². The van der Waals surface area contributed by atoms with Crippen molar-refractivity contribution < 1.29 is 4.79 Å². The molecule has 13 heavy (non-hydrogen) atoms. The van der Waals surface area contributed by atoms with Crippen LogP contribution in [0.1, 0.15) is 12.6 Å². The Morgan fingerprint density at radius 3 is 2.85 bits per heavy atom. The van der Waals surface area contributed by atoms with Gasteiger partial charge < -0.3 is 4.90 Å². The third-order valence-corrected chi connectivity index (χ3v) is 2.11. The average molecular weight is 181 g/mol. The third kappa shape index (κ3) is 2.31. The summed E-state index contributed by atoms with van der Waals surface area (Å²) in [4.78, 5) is 13.1. The summed E-state index contributed by atoms with van der Waals surface area (Å²) in [5.74, 6) is 0.0919. The fourth-order valence-electron chi connectivity index (χ4n) is 0.989. The van der Waals surface area contributed by atoms with Crippen LogP contribution in [-0.2, 0) is 11.3 Å². The van der Waals surface area contributed by atoms with Crippen molar-refractivity contribution in [3.63, 3.8) is 0 Å². The van der Waals surface area contributed by atoms with Gasteiger partial charge in [-0.3, -0.25) is 9.48 Å². The van der Waals surface area contributed by atoms with Crippen LogP contribution in [0.15, 0.2) is 12.3 Å². The molecule has 0 unspecified atom stereocenters. The number of carbonyl (C=O) groups is 1. The van der Waals surface area contributed by atoms with Gasteiger partial charge in [0.05, 0.1) is 0 Å². The zero-order valence-corrected chi connectivity index (χ0v) is 8.32. The molecule has 0 fully saturated rings. The van der Waals surface area contributed by atoms with Crippen LogP contribution < -0.4 is 0 Å². The topological polar surface area (TPSA) is 38.1 Å². The van der Waals surface area contributed by atoms with Crippen LogP contribution >= 0.6 is 0 Å². The van der Waals surface area contributed by atoms with Gasteiger partial charge in [-0.2, -0.15) is 5.10 Å². The molecule has 72 valence electrons. The number of nitrogens with zero attached hydrogens (tertiary/aromatic N) is 3. The van der Waals surface area contributed by atoms with Gasteiger partial charge in [-0.25, -0.2) is 0 Å². The molecule has 1 aromatic rings. The minimum Gasteiger partial charge on any atom is -0.344 e. The zero-order valence-electron chi connectivity index (χ0n) is 8.32. The van der Waals surface area contributed by atoms with Gasteiger partial charge in [0.2, 0.25) is 5.91 Å². The summed E-state index contributed by atoms with van der Waals surface area (Å²) in [6, 6.07) is 1.89. The largest absolute Gasteiger partial charge is 0.344 e. The molecule has 1 amide bonds. The van der Waals surface area contributed by atoms with Crippen LogP contribution in [0.25, 0.3) is 0 Å². The average Bonchev–Trinajstić information content (AvgIpc) is 2.50. The van der Waals surface area contributed by atoms with Crippen molar-refractivity contribution in [2.24, 2.45) is 0 Å². The maximum atomic E-state index is 11.5. The highest BCUT2D eigenvalue weighted by Crippen LogP contribution is 1.97. The van der Waals surface area contributed by atoms with E-state index in [-0.39, 0.29) is 5.91 Å². The lowest BCUT2D eigenvalue weighted by Crippen LogP contribution is -2.30. The van der Waals surface area contributed by atoms with Crippen LogP contribution in [0.2, 0.25) is 0 Å². The summed E-state index contributed by atoms with van der Waals surface area (Å²) in [6.07, 6.45) is 1.70. The Morgan fingerprint density at radius 2 is 2.38 bits per heavy atom. The Morgan fingerprint density at radius 1 is 1.69 bits per heavy atom. The molecule has 1 heterocycles. The van der Waals surface area contributed by atoms with Gasteiger partial charge in [0.15, 0.2) is 0 Å². The van der Waals surface area contributed by atoms with Crippen molar-refractivity contribution in [2.75, 3.05) is 13.6 Å². The Hall–Kier alpha value is -1.32. The lowest BCUT2D eigenvalue weighted by Gasteiger charge is -2.14. The predicted octanol–water partition coefficient (Wildman–Crippen LogP) is 0.670. The summed E-state index contributed by atoms with van der Waals surface area (Å²) in [7, 11) is 1.79. The molecule has 4 heteroatoms. The molecule has 0 saturated carbocycles. The first-order valence-corrected chi connectivity index (χ1v) is 4.37. The van der Waals surface area contributed by atoms with Crippen LogP contribution in [0.4, 0.5) is 0 Å². The van der Waals surface area contributed by atoms with Crippen molar-refractivity contribution >= 4 is 5.91 Å². The van der Waals surface area contributed by atoms with E-state index < -0.39 is 0 Å². The normalized spacial score (nSPS) is 10.1. The fraction of sp³-hybridized carbons (Fsp3) is 0.556. The molecule has 0 radical (unpaired) electrons. The van der Waals surface area contributed by atoms with Crippen LogP contribution in [-0.4, -0.2) is 34.2 Å². The molecule has 0 N–H and O–H groups in total. The highest BCUT2D eigenvalue weighted by Gasteiger charge is 2.08. The third-order valence-electron chi connectivity index (χ3n) is 2.11. The minimum absolute atomic E-state index is 0.0919. The van der Waals surface area contributed by atoms with Gasteiger partial charge in [0, 0.05) is 25.5 Å². The molecule has 4 nitrogen and oxygen atoms in total. The van der Waals surface area contributed by atoms with Crippen LogP contribution in [0.3, 0.4) is 0 Å². The Labute approximate surface area is 78.1 Å². The SMILES string of the molecule is CCN(C)C(=O)Cn1nccc1C. The van der Waals surface area contributed by atoms with E-state index in [4.69, 9.17) is 0 Å². The molecular formula is C9H15N3O. The van der Waals surface area contributed by atoms with E-state index in [9.17, 15) is 4.79 Å². The van der Waals surface area contributed by atoms with Crippen molar-refractivity contribution in [3.8, 4) is 0 Å². The molecule has 0 saturated heterocycles. The number of likely N-dealkylation sites (N-methyl/N-ethyl adjacent to an activating group) is 1. The number of hydrogen-bond acceptors (Lipinski definition) is 2. The maximum absolute atomic E-state index is 11.5. The summed E-state index contributed by atoms with van der Waals surface area (Å²) in [5, 5.41) is 4.04. The van der Waals surface area contributed by atoms with Crippen molar-refractivity contribution in [2.45, 2.75) is 20.4 Å². The summed E-state index contributed by atoms with van der Waals surface area (Å²) < 4.78 is 1.70. The molecule has 1 rings (SSSR count). The number of aromatic nitrogens is 2. The van der Waals surface area contributed by atoms with Gasteiger partial charge in [0.1, 0.15) is 6.54 Å². The first-order chi connectivity index (χ1) is 6.15. The van der Waals surface area contributed by atoms with E-state index in [0.29, 0.717) is 6.54 Å². The predicted molar refractivity (Wildman–Crippen MR) is 50.3 cm³/mol. The van der Waals surface area contributed by atoms with Gasteiger partial charge in [0.25, 0.3) is 0 Å². The first-order valence-electron chi connectivity index (χ1n) is 4.37. The maximum Gasteiger partial charge on any atom is 0.244 e. The molecule has 0 bridgehead atoms. The zero-order chi connectivity index (χ0) is 9.84. The molecule has 1 aromatic heterocycles. The van der Waals surface area contributed by atoms with Crippen molar-refractivity contribution in [3.05, 3.63) is 18.0 Å². The van der Waals surface area contributed by atoms with Crippen molar-refractivity contribution in [1.29, 1.82) is 0 Å². The fourth-order valence-corrected chi connectivity index (χ4v) is 0.989. The highest BCUT2D eigenvalue weighted by molar-refractivity contribution is 5.75. The highest BCUT2D eigenvalue weighted by atomic mass is 16.2. The minimum atomic E-state index is 0.0919. The van der Waals surface area contributed by atoms with Gasteiger partial charge >= 0.3 is 0 Å². The number of amides is 1. The Kier molecular flexibility index (Phi) is 3.06. The Bertz CT molecular complexity index is 293. The molecule has 0 atom stereocenters. The quantitative estimate of drug-likeness (QED) is 0.687. The smallest absolute Gasteiger partial charge is 0.244 e. The van der Waals surface area contributed by atoms with E-state index in [1.165, 1.54) is 0 Å². The molecule has 0 aliphatic rings. The molecule has 0 aliphatic carbocycles. The van der Waals surface area contributed by atoms with E-state index in [2.05, 4.69) is 5.10 Å². The lowest BCUT2D eigenvalue weighted by molar-refractivity contribution is -0.130. The summed E-state index contributed by atoms with van der Waals surface area (Å²) in [6.45, 7) is 4.96. The molecule has 0 aromatic carbocycles.